The number of ether oxygens (including phenoxy) is 2. The summed E-state index contributed by atoms with van der Waals surface area (Å²) in [4.78, 5) is 22.1. The minimum Gasteiger partial charge on any atom is -0.482 e. The van der Waals surface area contributed by atoms with Crippen LogP contribution in [0.3, 0.4) is 0 Å². The Balaban J connectivity index is 2.63. The van der Waals surface area contributed by atoms with Crippen LogP contribution in [-0.4, -0.2) is 24.5 Å². The summed E-state index contributed by atoms with van der Waals surface area (Å²) in [5.41, 5.74) is 0.851. The molecule has 0 fully saturated rings. The monoisotopic (exact) mass is 250 g/mol. The van der Waals surface area contributed by atoms with E-state index >= 15 is 0 Å². The predicted molar refractivity (Wildman–Crippen MR) is 67.9 cm³/mol. The Bertz CT molecular complexity index is 444. The zero-order valence-corrected chi connectivity index (χ0v) is 11.1. The zero-order valence-electron chi connectivity index (χ0n) is 11.1. The van der Waals surface area contributed by atoms with Gasteiger partial charge in [-0.15, -0.1) is 0 Å². The van der Waals surface area contributed by atoms with Crippen molar-refractivity contribution >= 4 is 12.3 Å². The van der Waals surface area contributed by atoms with E-state index in [1.165, 1.54) is 0 Å². The number of carbonyl (C=O) groups excluding carboxylic acids is 2. The lowest BCUT2D eigenvalue weighted by Gasteiger charge is -2.19. The summed E-state index contributed by atoms with van der Waals surface area (Å²) in [5, 5.41) is 0. The maximum absolute atomic E-state index is 11.5. The van der Waals surface area contributed by atoms with Crippen LogP contribution in [0.5, 0.6) is 5.75 Å². The van der Waals surface area contributed by atoms with E-state index < -0.39 is 11.6 Å². The van der Waals surface area contributed by atoms with Crippen molar-refractivity contribution in [3.05, 3.63) is 29.3 Å². The number of benzene rings is 1. The average molecular weight is 250 g/mol. The summed E-state index contributed by atoms with van der Waals surface area (Å²) >= 11 is 0. The lowest BCUT2D eigenvalue weighted by Crippen LogP contribution is -2.27. The van der Waals surface area contributed by atoms with Gasteiger partial charge in [-0.1, -0.05) is 12.1 Å². The average Bonchev–Trinajstić information content (AvgIpc) is 2.25. The summed E-state index contributed by atoms with van der Waals surface area (Å²) < 4.78 is 10.5. The molecule has 0 spiro atoms. The topological polar surface area (TPSA) is 52.6 Å². The highest BCUT2D eigenvalue weighted by molar-refractivity contribution is 5.76. The summed E-state index contributed by atoms with van der Waals surface area (Å²) in [6, 6.07) is 5.07. The van der Waals surface area contributed by atoms with E-state index in [0.717, 1.165) is 11.8 Å². The minimum absolute atomic E-state index is 0.166. The van der Waals surface area contributed by atoms with Crippen molar-refractivity contribution in [2.75, 3.05) is 6.61 Å². The van der Waals surface area contributed by atoms with Gasteiger partial charge in [0, 0.05) is 5.56 Å². The van der Waals surface area contributed by atoms with Gasteiger partial charge in [-0.3, -0.25) is 4.79 Å². The Morgan fingerprint density at radius 2 is 2.00 bits per heavy atom. The van der Waals surface area contributed by atoms with E-state index in [1.807, 2.05) is 6.92 Å². The second-order valence-electron chi connectivity index (χ2n) is 5.02. The molecule has 0 aliphatic rings. The Kier molecular flexibility index (Phi) is 4.48. The third kappa shape index (κ3) is 4.57. The second-order valence-corrected chi connectivity index (χ2v) is 5.02. The quantitative estimate of drug-likeness (QED) is 0.608. The first-order chi connectivity index (χ1) is 8.31. The standard InChI is InChI=1S/C14H18O4/c1-10-5-6-11(8-15)7-12(10)17-9-13(16)18-14(2,3)4/h5-8H,9H2,1-4H3. The molecule has 0 bridgehead atoms. The van der Waals surface area contributed by atoms with Crippen molar-refractivity contribution in [1.29, 1.82) is 0 Å². The normalized spacial score (nSPS) is 10.9. The molecule has 0 saturated carbocycles. The molecule has 1 rings (SSSR count). The molecule has 1 aromatic rings. The lowest BCUT2D eigenvalue weighted by atomic mass is 10.1. The van der Waals surface area contributed by atoms with E-state index in [1.54, 1.807) is 39.0 Å². The van der Waals surface area contributed by atoms with Crippen LogP contribution in [0.1, 0.15) is 36.7 Å². The van der Waals surface area contributed by atoms with Crippen LogP contribution in [0.25, 0.3) is 0 Å². The molecule has 98 valence electrons. The molecule has 4 nitrogen and oxygen atoms in total. The summed E-state index contributed by atoms with van der Waals surface area (Å²) in [5.74, 6) is 0.0869. The molecular weight excluding hydrogens is 232 g/mol. The first-order valence-corrected chi connectivity index (χ1v) is 5.72. The van der Waals surface area contributed by atoms with Crippen LogP contribution < -0.4 is 4.74 Å². The fourth-order valence-electron chi connectivity index (χ4n) is 1.35. The molecule has 0 amide bonds. The molecular formula is C14H18O4. The van der Waals surface area contributed by atoms with Gasteiger partial charge in [0.05, 0.1) is 0 Å². The number of hydrogen-bond acceptors (Lipinski definition) is 4. The lowest BCUT2D eigenvalue weighted by molar-refractivity contribution is -0.157. The Hall–Kier alpha value is -1.84. The molecule has 4 heteroatoms. The van der Waals surface area contributed by atoms with Gasteiger partial charge in [0.2, 0.25) is 0 Å². The molecule has 1 aromatic carbocycles. The van der Waals surface area contributed by atoms with Crippen LogP contribution in [0.2, 0.25) is 0 Å². The molecule has 0 aromatic heterocycles. The summed E-state index contributed by atoms with van der Waals surface area (Å²) in [7, 11) is 0. The van der Waals surface area contributed by atoms with E-state index in [4.69, 9.17) is 9.47 Å². The molecule has 0 aliphatic heterocycles. The first kappa shape index (κ1) is 14.2. The molecule has 0 saturated heterocycles. The van der Waals surface area contributed by atoms with Gasteiger partial charge in [0.25, 0.3) is 0 Å². The molecule has 0 unspecified atom stereocenters. The maximum Gasteiger partial charge on any atom is 0.344 e. The van der Waals surface area contributed by atoms with Gasteiger partial charge in [-0.05, 0) is 39.3 Å². The Morgan fingerprint density at radius 1 is 1.33 bits per heavy atom. The number of carbonyl (C=O) groups is 2. The number of hydrogen-bond donors (Lipinski definition) is 0. The van der Waals surface area contributed by atoms with Crippen LogP contribution in [0.4, 0.5) is 0 Å². The van der Waals surface area contributed by atoms with Gasteiger partial charge in [-0.25, -0.2) is 4.79 Å². The SMILES string of the molecule is Cc1ccc(C=O)cc1OCC(=O)OC(C)(C)C. The largest absolute Gasteiger partial charge is 0.482 e. The van der Waals surface area contributed by atoms with Crippen molar-refractivity contribution in [2.45, 2.75) is 33.3 Å². The van der Waals surface area contributed by atoms with Gasteiger partial charge in [0.1, 0.15) is 17.6 Å². The van der Waals surface area contributed by atoms with E-state index in [9.17, 15) is 9.59 Å². The van der Waals surface area contributed by atoms with Crippen molar-refractivity contribution in [1.82, 2.24) is 0 Å². The van der Waals surface area contributed by atoms with E-state index in [-0.39, 0.29) is 6.61 Å². The third-order valence-corrected chi connectivity index (χ3v) is 2.11. The first-order valence-electron chi connectivity index (χ1n) is 5.72. The van der Waals surface area contributed by atoms with Gasteiger partial charge in [-0.2, -0.15) is 0 Å². The van der Waals surface area contributed by atoms with Crippen molar-refractivity contribution in [2.24, 2.45) is 0 Å². The molecule has 0 aliphatic carbocycles. The summed E-state index contributed by atoms with van der Waals surface area (Å²) in [6.45, 7) is 7.06. The van der Waals surface area contributed by atoms with Crippen LogP contribution in [0.15, 0.2) is 18.2 Å². The predicted octanol–water partition coefficient (Wildman–Crippen LogP) is 2.53. The second kappa shape index (κ2) is 5.67. The van der Waals surface area contributed by atoms with Crippen molar-refractivity contribution in [3.8, 4) is 5.75 Å². The van der Waals surface area contributed by atoms with E-state index in [2.05, 4.69) is 0 Å². The fraction of sp³-hybridized carbons (Fsp3) is 0.429. The van der Waals surface area contributed by atoms with Crippen LogP contribution in [-0.2, 0) is 9.53 Å². The fourth-order valence-corrected chi connectivity index (χ4v) is 1.35. The van der Waals surface area contributed by atoms with Crippen molar-refractivity contribution < 1.29 is 19.1 Å². The zero-order chi connectivity index (χ0) is 13.8. The molecule has 18 heavy (non-hydrogen) atoms. The third-order valence-electron chi connectivity index (χ3n) is 2.11. The number of rotatable bonds is 4. The van der Waals surface area contributed by atoms with Crippen molar-refractivity contribution in [3.63, 3.8) is 0 Å². The summed E-state index contributed by atoms with van der Waals surface area (Å²) in [6.07, 6.45) is 0.736. The molecule has 0 atom stereocenters. The highest BCUT2D eigenvalue weighted by atomic mass is 16.6. The number of esters is 1. The molecule has 0 radical (unpaired) electrons. The minimum atomic E-state index is -0.528. The van der Waals surface area contributed by atoms with Crippen LogP contribution >= 0.6 is 0 Å². The number of aryl methyl sites for hydroxylation is 1. The highest BCUT2D eigenvalue weighted by Gasteiger charge is 2.16. The molecule has 0 N–H and O–H groups in total. The van der Waals surface area contributed by atoms with Gasteiger partial charge >= 0.3 is 5.97 Å². The highest BCUT2D eigenvalue weighted by Crippen LogP contribution is 2.19. The molecule has 0 heterocycles. The number of aldehydes is 1. The van der Waals surface area contributed by atoms with Gasteiger partial charge in [0.15, 0.2) is 6.61 Å². The van der Waals surface area contributed by atoms with Crippen LogP contribution in [0, 0.1) is 6.92 Å². The van der Waals surface area contributed by atoms with Gasteiger partial charge < -0.3 is 9.47 Å². The maximum atomic E-state index is 11.5. The Morgan fingerprint density at radius 3 is 2.56 bits per heavy atom. The Labute approximate surface area is 107 Å². The van der Waals surface area contributed by atoms with E-state index in [0.29, 0.717) is 11.3 Å². The smallest absolute Gasteiger partial charge is 0.344 e.